The van der Waals surface area contributed by atoms with E-state index in [4.69, 9.17) is 16.3 Å². The SMILES string of the molecule is CNC1CCOCC1S(=O)Cc1ccccc1Cl. The summed E-state index contributed by atoms with van der Waals surface area (Å²) in [5, 5.41) is 3.95. The van der Waals surface area contributed by atoms with Gasteiger partial charge in [0.15, 0.2) is 0 Å². The summed E-state index contributed by atoms with van der Waals surface area (Å²) in [6.07, 6.45) is 0.912. The number of rotatable bonds is 4. The van der Waals surface area contributed by atoms with Crippen LogP contribution in [0.25, 0.3) is 0 Å². The average molecular weight is 288 g/mol. The lowest BCUT2D eigenvalue weighted by molar-refractivity contribution is 0.0838. The highest BCUT2D eigenvalue weighted by Gasteiger charge is 2.29. The van der Waals surface area contributed by atoms with Crippen LogP contribution < -0.4 is 5.32 Å². The average Bonchev–Trinajstić information content (AvgIpc) is 2.41. The zero-order chi connectivity index (χ0) is 13.0. The van der Waals surface area contributed by atoms with Crippen LogP contribution >= 0.6 is 11.6 Å². The lowest BCUT2D eigenvalue weighted by atomic mass is 10.1. The summed E-state index contributed by atoms with van der Waals surface area (Å²) in [4.78, 5) is 0. The molecule has 0 aliphatic carbocycles. The number of benzene rings is 1. The van der Waals surface area contributed by atoms with Crippen LogP contribution in [0.15, 0.2) is 24.3 Å². The van der Waals surface area contributed by atoms with Crippen LogP contribution in [0.4, 0.5) is 0 Å². The van der Waals surface area contributed by atoms with Gasteiger partial charge in [0.1, 0.15) is 0 Å². The van der Waals surface area contributed by atoms with Crippen LogP contribution in [0.3, 0.4) is 0 Å². The molecule has 5 heteroatoms. The van der Waals surface area contributed by atoms with E-state index >= 15 is 0 Å². The first-order valence-electron chi connectivity index (χ1n) is 6.08. The van der Waals surface area contributed by atoms with Crippen molar-refractivity contribution in [3.63, 3.8) is 0 Å². The van der Waals surface area contributed by atoms with Gasteiger partial charge in [0.25, 0.3) is 0 Å². The zero-order valence-corrected chi connectivity index (χ0v) is 12.0. The van der Waals surface area contributed by atoms with E-state index in [0.717, 1.165) is 18.6 Å². The zero-order valence-electron chi connectivity index (χ0n) is 10.4. The van der Waals surface area contributed by atoms with Gasteiger partial charge >= 0.3 is 0 Å². The van der Waals surface area contributed by atoms with Crippen molar-refractivity contribution in [1.82, 2.24) is 5.32 Å². The maximum absolute atomic E-state index is 12.4. The minimum Gasteiger partial charge on any atom is -0.380 e. The van der Waals surface area contributed by atoms with Gasteiger partial charge in [-0.3, -0.25) is 4.21 Å². The van der Waals surface area contributed by atoms with Crippen molar-refractivity contribution < 1.29 is 8.95 Å². The molecule has 0 aromatic heterocycles. The Morgan fingerprint density at radius 3 is 3.00 bits per heavy atom. The minimum absolute atomic E-state index is 0.0417. The molecule has 0 spiro atoms. The first kappa shape index (κ1) is 14.0. The van der Waals surface area contributed by atoms with Crippen molar-refractivity contribution in [2.45, 2.75) is 23.5 Å². The molecule has 0 radical (unpaired) electrons. The fourth-order valence-electron chi connectivity index (χ4n) is 2.18. The second-order valence-electron chi connectivity index (χ2n) is 4.41. The fourth-order valence-corrected chi connectivity index (χ4v) is 4.12. The highest BCUT2D eigenvalue weighted by molar-refractivity contribution is 7.85. The topological polar surface area (TPSA) is 38.3 Å². The van der Waals surface area contributed by atoms with Gasteiger partial charge in [0, 0.05) is 28.5 Å². The van der Waals surface area contributed by atoms with Crippen LogP contribution in [-0.2, 0) is 21.3 Å². The number of hydrogen-bond acceptors (Lipinski definition) is 3. The van der Waals surface area contributed by atoms with E-state index in [2.05, 4.69) is 5.32 Å². The van der Waals surface area contributed by atoms with E-state index in [1.807, 2.05) is 31.3 Å². The Bertz CT molecular complexity index is 427. The molecule has 3 unspecified atom stereocenters. The van der Waals surface area contributed by atoms with Crippen molar-refractivity contribution in [2.75, 3.05) is 20.3 Å². The molecule has 100 valence electrons. The van der Waals surface area contributed by atoms with Crippen LogP contribution in [0.5, 0.6) is 0 Å². The van der Waals surface area contributed by atoms with E-state index in [-0.39, 0.29) is 11.3 Å². The van der Waals surface area contributed by atoms with Crippen LogP contribution in [0, 0.1) is 0 Å². The molecule has 1 aromatic carbocycles. The molecular weight excluding hydrogens is 270 g/mol. The Kier molecular flexibility index (Phi) is 5.18. The van der Waals surface area contributed by atoms with Gasteiger partial charge < -0.3 is 10.1 Å². The molecule has 1 fully saturated rings. The third-order valence-corrected chi connectivity index (χ3v) is 5.37. The number of halogens is 1. The minimum atomic E-state index is -0.970. The van der Waals surface area contributed by atoms with Crippen molar-refractivity contribution in [2.24, 2.45) is 0 Å². The second-order valence-corrected chi connectivity index (χ2v) is 6.48. The number of nitrogens with one attached hydrogen (secondary N) is 1. The maximum atomic E-state index is 12.4. The quantitative estimate of drug-likeness (QED) is 0.920. The molecule has 3 atom stereocenters. The number of ether oxygens (including phenoxy) is 1. The van der Waals surface area contributed by atoms with Gasteiger partial charge in [0.2, 0.25) is 0 Å². The molecule has 1 aliphatic rings. The van der Waals surface area contributed by atoms with Crippen LogP contribution in [-0.4, -0.2) is 35.8 Å². The summed E-state index contributed by atoms with van der Waals surface area (Å²) in [7, 11) is 0.943. The standard InChI is InChI=1S/C13H18ClNO2S/c1-15-12-6-7-17-8-13(12)18(16)9-10-4-2-3-5-11(10)14/h2-5,12-13,15H,6-9H2,1H3. The van der Waals surface area contributed by atoms with Gasteiger partial charge in [0.05, 0.1) is 17.6 Å². The molecule has 18 heavy (non-hydrogen) atoms. The molecule has 1 saturated heterocycles. The first-order chi connectivity index (χ1) is 8.72. The monoisotopic (exact) mass is 287 g/mol. The third kappa shape index (κ3) is 3.32. The van der Waals surface area contributed by atoms with E-state index in [1.165, 1.54) is 0 Å². The molecular formula is C13H18ClNO2S. The van der Waals surface area contributed by atoms with Crippen molar-refractivity contribution in [3.05, 3.63) is 34.9 Å². The third-order valence-electron chi connectivity index (χ3n) is 3.27. The van der Waals surface area contributed by atoms with Gasteiger partial charge in [-0.25, -0.2) is 0 Å². The summed E-state index contributed by atoms with van der Waals surface area (Å²) >= 11 is 6.10. The molecule has 0 amide bonds. The maximum Gasteiger partial charge on any atom is 0.0738 e. The fraction of sp³-hybridized carbons (Fsp3) is 0.538. The molecule has 1 N–H and O–H groups in total. The first-order valence-corrected chi connectivity index (χ1v) is 7.84. The van der Waals surface area contributed by atoms with E-state index in [1.54, 1.807) is 0 Å². The molecule has 1 heterocycles. The normalized spacial score (nSPS) is 25.9. The van der Waals surface area contributed by atoms with E-state index in [9.17, 15) is 4.21 Å². The molecule has 0 saturated carbocycles. The lowest BCUT2D eigenvalue weighted by Gasteiger charge is -2.30. The summed E-state index contributed by atoms with van der Waals surface area (Å²) in [5.41, 5.74) is 0.943. The summed E-state index contributed by atoms with van der Waals surface area (Å²) in [5.74, 6) is 0.492. The Hall–Kier alpha value is -0.420. The Morgan fingerprint density at radius 1 is 1.50 bits per heavy atom. The Morgan fingerprint density at radius 2 is 2.28 bits per heavy atom. The Labute approximate surface area is 115 Å². The van der Waals surface area contributed by atoms with Crippen LogP contribution in [0.1, 0.15) is 12.0 Å². The van der Waals surface area contributed by atoms with Crippen molar-refractivity contribution in [3.8, 4) is 0 Å². The summed E-state index contributed by atoms with van der Waals surface area (Å²) in [6, 6.07) is 7.83. The summed E-state index contributed by atoms with van der Waals surface area (Å²) in [6.45, 7) is 1.30. The van der Waals surface area contributed by atoms with E-state index < -0.39 is 10.8 Å². The van der Waals surface area contributed by atoms with Gasteiger partial charge in [-0.05, 0) is 25.1 Å². The largest absolute Gasteiger partial charge is 0.380 e. The highest BCUT2D eigenvalue weighted by Crippen LogP contribution is 2.21. The van der Waals surface area contributed by atoms with Gasteiger partial charge in [-0.15, -0.1) is 0 Å². The van der Waals surface area contributed by atoms with Crippen LogP contribution in [0.2, 0.25) is 5.02 Å². The molecule has 3 nitrogen and oxygen atoms in total. The van der Waals surface area contributed by atoms with Gasteiger partial charge in [-0.1, -0.05) is 29.8 Å². The second kappa shape index (κ2) is 6.66. The van der Waals surface area contributed by atoms with Crippen molar-refractivity contribution in [1.29, 1.82) is 0 Å². The Balaban J connectivity index is 2.05. The lowest BCUT2D eigenvalue weighted by Crippen LogP contribution is -2.47. The molecule has 0 bridgehead atoms. The molecule has 2 rings (SSSR count). The highest BCUT2D eigenvalue weighted by atomic mass is 35.5. The predicted molar refractivity (Wildman–Crippen MR) is 75.4 cm³/mol. The van der Waals surface area contributed by atoms with E-state index in [0.29, 0.717) is 17.4 Å². The van der Waals surface area contributed by atoms with Gasteiger partial charge in [-0.2, -0.15) is 0 Å². The molecule has 1 aromatic rings. The smallest absolute Gasteiger partial charge is 0.0738 e. The molecule has 1 aliphatic heterocycles. The van der Waals surface area contributed by atoms with Crippen molar-refractivity contribution >= 4 is 22.4 Å². The summed E-state index contributed by atoms with van der Waals surface area (Å²) < 4.78 is 17.9. The number of hydrogen-bond donors (Lipinski definition) is 1. The predicted octanol–water partition coefficient (Wildman–Crippen LogP) is 1.97.